The van der Waals surface area contributed by atoms with Crippen LogP contribution in [-0.2, 0) is 27.3 Å². The molecule has 0 fully saturated rings. The van der Waals surface area contributed by atoms with Crippen LogP contribution in [0.15, 0.2) is 34.2 Å². The summed E-state index contributed by atoms with van der Waals surface area (Å²) in [7, 11) is 1.37. The van der Waals surface area contributed by atoms with E-state index >= 15 is 0 Å². The number of thioether (sulfide) groups is 1. The first-order valence-corrected chi connectivity index (χ1v) is 12.9. The molecule has 2 atom stereocenters. The van der Waals surface area contributed by atoms with Gasteiger partial charge in [0.15, 0.2) is 5.16 Å². The largest absolute Gasteiger partial charge is 0.468 e. The van der Waals surface area contributed by atoms with E-state index in [2.05, 4.69) is 24.0 Å². The second-order valence-corrected chi connectivity index (χ2v) is 11.3. The number of carbonyl (C=O) groups excluding carboxylic acids is 1. The van der Waals surface area contributed by atoms with Crippen molar-refractivity contribution in [3.05, 3.63) is 50.6 Å². The molecule has 5 rings (SSSR count). The number of nitrogens with zero attached hydrogens (tertiary/aromatic N) is 4. The van der Waals surface area contributed by atoms with Crippen molar-refractivity contribution in [2.24, 2.45) is 5.92 Å². The maximum absolute atomic E-state index is 14.0. The summed E-state index contributed by atoms with van der Waals surface area (Å²) in [6, 6.07) is 7.78. The van der Waals surface area contributed by atoms with E-state index in [1.165, 1.54) is 30.2 Å². The lowest BCUT2D eigenvalue weighted by Gasteiger charge is -2.26. The summed E-state index contributed by atoms with van der Waals surface area (Å²) in [6.45, 7) is 8.52. The van der Waals surface area contributed by atoms with Gasteiger partial charge in [-0.3, -0.25) is 9.59 Å². The minimum Gasteiger partial charge on any atom is -0.468 e. The summed E-state index contributed by atoms with van der Waals surface area (Å²) in [5, 5.41) is 9.51. The summed E-state index contributed by atoms with van der Waals surface area (Å²) < 4.78 is 14.5. The Morgan fingerprint density at radius 2 is 1.97 bits per heavy atom. The van der Waals surface area contributed by atoms with Gasteiger partial charge in [0.05, 0.1) is 30.9 Å². The molecule has 0 unspecified atom stereocenters. The molecule has 10 heteroatoms. The van der Waals surface area contributed by atoms with Crippen molar-refractivity contribution >= 4 is 45.1 Å². The molecule has 0 aliphatic carbocycles. The molecule has 1 aliphatic heterocycles. The number of hydrogen-bond donors (Lipinski definition) is 0. The van der Waals surface area contributed by atoms with Crippen LogP contribution in [0.25, 0.3) is 21.7 Å². The highest BCUT2D eigenvalue weighted by molar-refractivity contribution is 8.00. The topological polar surface area (TPSA) is 87.7 Å². The Morgan fingerprint density at radius 1 is 1.24 bits per heavy atom. The standard InChI is InChI=1S/C24H26N4O4S2/c1-12(2)17-10-16-18(11-32-17)34-21-19(16)20(29)27(15-8-6-13(3)7-9-15)23-25-26-24(28(21)23)33-14(4)22(30)31-5/h6-9,12,14,17H,10-11H2,1-5H3/t14-,17+/m1/s1. The molecule has 178 valence electrons. The Morgan fingerprint density at radius 3 is 2.65 bits per heavy atom. The van der Waals surface area contributed by atoms with Gasteiger partial charge in [-0.25, -0.2) is 8.97 Å². The summed E-state index contributed by atoms with van der Waals surface area (Å²) in [5.41, 5.74) is 2.75. The molecule has 8 nitrogen and oxygen atoms in total. The molecule has 0 spiro atoms. The van der Waals surface area contributed by atoms with E-state index in [0.29, 0.717) is 35.3 Å². The van der Waals surface area contributed by atoms with Crippen LogP contribution in [0.3, 0.4) is 0 Å². The van der Waals surface area contributed by atoms with Crippen molar-refractivity contribution in [3.8, 4) is 5.69 Å². The predicted octanol–water partition coefficient (Wildman–Crippen LogP) is 4.15. The minimum atomic E-state index is -0.476. The van der Waals surface area contributed by atoms with Gasteiger partial charge in [-0.1, -0.05) is 43.3 Å². The van der Waals surface area contributed by atoms with Crippen LogP contribution in [0.4, 0.5) is 0 Å². The zero-order valence-corrected chi connectivity index (χ0v) is 21.3. The van der Waals surface area contributed by atoms with Gasteiger partial charge in [-0.05, 0) is 37.5 Å². The van der Waals surface area contributed by atoms with E-state index in [9.17, 15) is 9.59 Å². The number of thiophene rings is 1. The Kier molecular flexibility index (Phi) is 5.99. The number of hydrogen-bond acceptors (Lipinski definition) is 8. The molecule has 3 aromatic heterocycles. The van der Waals surface area contributed by atoms with Crippen molar-refractivity contribution in [1.82, 2.24) is 19.2 Å². The van der Waals surface area contributed by atoms with E-state index in [1.807, 2.05) is 35.6 Å². The molecular formula is C24H26N4O4S2. The van der Waals surface area contributed by atoms with Gasteiger partial charge in [-0.15, -0.1) is 21.5 Å². The summed E-state index contributed by atoms with van der Waals surface area (Å²) >= 11 is 2.80. The lowest BCUT2D eigenvalue weighted by molar-refractivity contribution is -0.139. The summed E-state index contributed by atoms with van der Waals surface area (Å²) in [4.78, 5) is 27.9. The normalized spacial score (nSPS) is 16.8. The minimum absolute atomic E-state index is 0.0577. The first kappa shape index (κ1) is 23.1. The van der Waals surface area contributed by atoms with Crippen LogP contribution >= 0.6 is 23.1 Å². The van der Waals surface area contributed by atoms with E-state index in [-0.39, 0.29) is 17.6 Å². The van der Waals surface area contributed by atoms with Gasteiger partial charge < -0.3 is 9.47 Å². The molecule has 4 aromatic rings. The van der Waals surface area contributed by atoms with Crippen LogP contribution in [0.1, 0.15) is 36.8 Å². The highest BCUT2D eigenvalue weighted by Gasteiger charge is 2.30. The summed E-state index contributed by atoms with van der Waals surface area (Å²) in [5.74, 6) is 0.414. The number of esters is 1. The lowest BCUT2D eigenvalue weighted by Crippen LogP contribution is -2.28. The fourth-order valence-corrected chi connectivity index (χ4v) is 6.42. The third-order valence-corrected chi connectivity index (χ3v) is 8.41. The van der Waals surface area contributed by atoms with E-state index < -0.39 is 5.25 Å². The number of benzene rings is 1. The fourth-order valence-electron chi connectivity index (χ4n) is 4.24. The Hall–Kier alpha value is -2.69. The molecule has 0 bridgehead atoms. The SMILES string of the molecule is COC(=O)[C@@H](C)Sc1nnc2n(-c3ccc(C)cc3)c(=O)c3c4c(sc3n12)CO[C@H](C(C)C)C4. The highest BCUT2D eigenvalue weighted by Crippen LogP contribution is 2.38. The van der Waals surface area contributed by atoms with Gasteiger partial charge >= 0.3 is 5.97 Å². The van der Waals surface area contributed by atoms with Crippen molar-refractivity contribution in [1.29, 1.82) is 0 Å². The Balaban J connectivity index is 1.81. The van der Waals surface area contributed by atoms with E-state index in [0.717, 1.165) is 26.5 Å². The fraction of sp³-hybridized carbons (Fsp3) is 0.417. The summed E-state index contributed by atoms with van der Waals surface area (Å²) in [6.07, 6.45) is 0.743. The number of aromatic nitrogens is 4. The van der Waals surface area contributed by atoms with Crippen molar-refractivity contribution in [2.75, 3.05) is 7.11 Å². The molecular weight excluding hydrogens is 472 g/mol. The zero-order chi connectivity index (χ0) is 24.1. The van der Waals surface area contributed by atoms with Gasteiger partial charge in [0.1, 0.15) is 10.1 Å². The number of methoxy groups -OCH3 is 1. The highest BCUT2D eigenvalue weighted by atomic mass is 32.2. The Bertz CT molecular complexity index is 1450. The molecule has 1 aromatic carbocycles. The molecule has 4 heterocycles. The maximum atomic E-state index is 14.0. The van der Waals surface area contributed by atoms with Crippen LogP contribution in [-0.4, -0.2) is 43.6 Å². The van der Waals surface area contributed by atoms with Crippen molar-refractivity contribution < 1.29 is 14.3 Å². The Labute approximate surface area is 204 Å². The predicted molar refractivity (Wildman–Crippen MR) is 133 cm³/mol. The van der Waals surface area contributed by atoms with Crippen LogP contribution in [0, 0.1) is 12.8 Å². The van der Waals surface area contributed by atoms with Gasteiger partial charge in [0, 0.05) is 11.3 Å². The number of carbonyl (C=O) groups is 1. The molecule has 0 radical (unpaired) electrons. The molecule has 0 saturated heterocycles. The number of fused-ring (bicyclic) bond motifs is 5. The smallest absolute Gasteiger partial charge is 0.318 e. The zero-order valence-electron chi connectivity index (χ0n) is 19.7. The average molecular weight is 499 g/mol. The first-order valence-electron chi connectivity index (χ1n) is 11.2. The number of aryl methyl sites for hydroxylation is 1. The van der Waals surface area contributed by atoms with Crippen molar-refractivity contribution in [2.45, 2.75) is 57.2 Å². The monoisotopic (exact) mass is 498 g/mol. The maximum Gasteiger partial charge on any atom is 0.318 e. The quantitative estimate of drug-likeness (QED) is 0.302. The van der Waals surface area contributed by atoms with Crippen molar-refractivity contribution in [3.63, 3.8) is 0 Å². The van der Waals surface area contributed by atoms with Crippen LogP contribution < -0.4 is 5.56 Å². The van der Waals surface area contributed by atoms with E-state index in [4.69, 9.17) is 9.47 Å². The molecule has 0 amide bonds. The first-order chi connectivity index (χ1) is 16.3. The third-order valence-electron chi connectivity index (χ3n) is 6.19. The molecule has 0 saturated carbocycles. The second-order valence-electron chi connectivity index (χ2n) is 8.86. The number of rotatable bonds is 5. The third kappa shape index (κ3) is 3.73. The van der Waals surface area contributed by atoms with Crippen LogP contribution in [0.2, 0.25) is 0 Å². The van der Waals surface area contributed by atoms with Crippen LogP contribution in [0.5, 0.6) is 0 Å². The van der Waals surface area contributed by atoms with E-state index in [1.54, 1.807) is 11.5 Å². The molecule has 1 aliphatic rings. The second kappa shape index (κ2) is 8.83. The average Bonchev–Trinajstić information content (AvgIpc) is 3.40. The van der Waals surface area contributed by atoms with Gasteiger partial charge in [0.25, 0.3) is 5.56 Å². The lowest BCUT2D eigenvalue weighted by atomic mass is 9.96. The number of ether oxygens (including phenoxy) is 2. The molecule has 0 N–H and O–H groups in total. The van der Waals surface area contributed by atoms with Gasteiger partial charge in [0.2, 0.25) is 5.78 Å². The van der Waals surface area contributed by atoms with Gasteiger partial charge in [-0.2, -0.15) is 0 Å². The molecule has 34 heavy (non-hydrogen) atoms.